The van der Waals surface area contributed by atoms with Gasteiger partial charge in [-0.05, 0) is 69.7 Å². The zero-order chi connectivity index (χ0) is 17.3. The van der Waals surface area contributed by atoms with E-state index in [-0.39, 0.29) is 0 Å². The Bertz CT molecular complexity index is 736. The van der Waals surface area contributed by atoms with Crippen molar-refractivity contribution < 1.29 is 0 Å². The van der Waals surface area contributed by atoms with E-state index in [4.69, 9.17) is 5.10 Å². The summed E-state index contributed by atoms with van der Waals surface area (Å²) < 4.78 is 2.02. The molecule has 2 aromatic heterocycles. The summed E-state index contributed by atoms with van der Waals surface area (Å²) in [4.78, 5) is 5.06. The number of hydrogen-bond acceptors (Lipinski definition) is 5. The van der Waals surface area contributed by atoms with E-state index in [0.29, 0.717) is 5.92 Å². The Hall–Kier alpha value is -1.69. The highest BCUT2D eigenvalue weighted by molar-refractivity contribution is 5.46. The van der Waals surface area contributed by atoms with Crippen molar-refractivity contribution in [3.63, 3.8) is 0 Å². The summed E-state index contributed by atoms with van der Waals surface area (Å²) in [5.74, 6) is 3.59. The molecule has 0 spiro atoms. The van der Waals surface area contributed by atoms with Gasteiger partial charge in [-0.25, -0.2) is 0 Å². The summed E-state index contributed by atoms with van der Waals surface area (Å²) in [5, 5.41) is 13.8. The third kappa shape index (κ3) is 3.20. The van der Waals surface area contributed by atoms with E-state index < -0.39 is 0 Å². The molecule has 2 aliphatic heterocycles. The zero-order valence-corrected chi connectivity index (χ0v) is 15.7. The summed E-state index contributed by atoms with van der Waals surface area (Å²) in [7, 11) is 0. The maximum Gasteiger partial charge on any atom is 0.178 e. The highest BCUT2D eigenvalue weighted by Crippen LogP contribution is 2.30. The zero-order valence-electron chi connectivity index (χ0n) is 15.7. The monoisotopic (exact) mass is 354 g/mol. The van der Waals surface area contributed by atoms with Gasteiger partial charge < -0.3 is 9.80 Å². The summed E-state index contributed by atoms with van der Waals surface area (Å²) in [6.45, 7) is 5.94. The molecule has 1 aliphatic carbocycles. The van der Waals surface area contributed by atoms with Gasteiger partial charge in [0.2, 0.25) is 0 Å². The molecule has 0 radical (unpaired) electrons. The molecule has 0 amide bonds. The molecule has 0 atom stereocenters. The summed E-state index contributed by atoms with van der Waals surface area (Å²) >= 11 is 0. The Morgan fingerprint density at radius 3 is 2.38 bits per heavy atom. The number of anilines is 1. The molecule has 1 saturated carbocycles. The van der Waals surface area contributed by atoms with Gasteiger partial charge in [0.25, 0.3) is 0 Å². The Morgan fingerprint density at radius 1 is 0.846 bits per heavy atom. The predicted octanol–water partition coefficient (Wildman–Crippen LogP) is 3.09. The van der Waals surface area contributed by atoms with Crippen molar-refractivity contribution in [2.45, 2.75) is 57.3 Å². The standard InChI is InChI=1S/C20H30N6/c1-2-6-16(5-1)15-24-13-9-17(10-14-24)20-22-21-18-7-8-19(23-26(18)20)25-11-3-4-12-25/h7-8,16-17H,1-6,9-15H2. The van der Waals surface area contributed by atoms with E-state index in [1.54, 1.807) is 0 Å². The molecule has 0 unspecified atom stereocenters. The van der Waals surface area contributed by atoms with Gasteiger partial charge in [-0.15, -0.1) is 15.3 Å². The fourth-order valence-electron chi connectivity index (χ4n) is 5.10. The summed E-state index contributed by atoms with van der Waals surface area (Å²) in [5.41, 5.74) is 0.885. The van der Waals surface area contributed by atoms with Crippen molar-refractivity contribution >= 4 is 11.5 Å². The van der Waals surface area contributed by atoms with Crippen LogP contribution in [-0.4, -0.2) is 57.4 Å². The molecule has 26 heavy (non-hydrogen) atoms. The lowest BCUT2D eigenvalue weighted by molar-refractivity contribution is 0.180. The van der Waals surface area contributed by atoms with Crippen LogP contribution in [0.15, 0.2) is 12.1 Å². The maximum absolute atomic E-state index is 4.90. The van der Waals surface area contributed by atoms with E-state index in [1.807, 2.05) is 4.52 Å². The highest BCUT2D eigenvalue weighted by Gasteiger charge is 2.27. The SMILES string of the molecule is c1cc2nnc(C3CCN(CC4CCCC4)CC3)n2nc1N1CCCC1. The predicted molar refractivity (Wildman–Crippen MR) is 103 cm³/mol. The Kier molecular flexibility index (Phi) is 4.53. The number of hydrogen-bond donors (Lipinski definition) is 0. The minimum absolute atomic E-state index is 0.492. The number of likely N-dealkylation sites (tertiary alicyclic amines) is 1. The molecule has 3 aliphatic rings. The first-order valence-corrected chi connectivity index (χ1v) is 10.6. The van der Waals surface area contributed by atoms with Gasteiger partial charge in [0.1, 0.15) is 5.82 Å². The number of fused-ring (bicyclic) bond motifs is 1. The molecule has 0 bridgehead atoms. The summed E-state index contributed by atoms with van der Waals surface area (Å²) in [6, 6.07) is 4.18. The van der Waals surface area contributed by atoms with Gasteiger partial charge in [0.05, 0.1) is 0 Å². The molecule has 6 nitrogen and oxygen atoms in total. The van der Waals surface area contributed by atoms with Crippen molar-refractivity contribution in [3.8, 4) is 0 Å². The smallest absolute Gasteiger partial charge is 0.178 e. The average molecular weight is 355 g/mol. The minimum Gasteiger partial charge on any atom is -0.355 e. The van der Waals surface area contributed by atoms with Gasteiger partial charge in [-0.3, -0.25) is 0 Å². The molecule has 2 aromatic rings. The maximum atomic E-state index is 4.90. The molecule has 140 valence electrons. The van der Waals surface area contributed by atoms with Crippen LogP contribution in [0.5, 0.6) is 0 Å². The van der Waals surface area contributed by atoms with Crippen LogP contribution in [0.25, 0.3) is 5.65 Å². The molecule has 5 rings (SSSR count). The lowest BCUT2D eigenvalue weighted by Gasteiger charge is -2.32. The Balaban J connectivity index is 1.29. The third-order valence-electron chi connectivity index (χ3n) is 6.65. The molecule has 2 saturated heterocycles. The minimum atomic E-state index is 0.492. The van der Waals surface area contributed by atoms with Gasteiger partial charge in [-0.2, -0.15) is 4.52 Å². The number of aromatic nitrogens is 4. The van der Waals surface area contributed by atoms with Gasteiger partial charge in [0, 0.05) is 25.6 Å². The van der Waals surface area contributed by atoms with Gasteiger partial charge >= 0.3 is 0 Å². The molecule has 3 fully saturated rings. The number of rotatable bonds is 4. The molecule has 0 aromatic carbocycles. The fraction of sp³-hybridized carbons (Fsp3) is 0.750. The topological polar surface area (TPSA) is 49.6 Å². The molecule has 0 N–H and O–H groups in total. The first kappa shape index (κ1) is 16.5. The fourth-order valence-corrected chi connectivity index (χ4v) is 5.10. The number of piperidine rings is 1. The Morgan fingerprint density at radius 2 is 1.62 bits per heavy atom. The normalized spacial score (nSPS) is 23.5. The van der Waals surface area contributed by atoms with E-state index in [1.165, 1.54) is 71.0 Å². The van der Waals surface area contributed by atoms with Crippen LogP contribution in [0.3, 0.4) is 0 Å². The van der Waals surface area contributed by atoms with E-state index >= 15 is 0 Å². The van der Waals surface area contributed by atoms with Gasteiger partial charge in [-0.1, -0.05) is 12.8 Å². The van der Waals surface area contributed by atoms with Crippen molar-refractivity contribution in [2.24, 2.45) is 5.92 Å². The van der Waals surface area contributed by atoms with Crippen LogP contribution in [0.1, 0.15) is 63.1 Å². The van der Waals surface area contributed by atoms with E-state index in [9.17, 15) is 0 Å². The van der Waals surface area contributed by atoms with Crippen LogP contribution in [0, 0.1) is 5.92 Å². The van der Waals surface area contributed by atoms with Crippen LogP contribution in [0.4, 0.5) is 5.82 Å². The Labute approximate surface area is 155 Å². The summed E-state index contributed by atoms with van der Waals surface area (Å²) in [6.07, 6.45) is 10.7. The van der Waals surface area contributed by atoms with Crippen molar-refractivity contribution in [2.75, 3.05) is 37.6 Å². The largest absolute Gasteiger partial charge is 0.355 e. The second-order valence-corrected chi connectivity index (χ2v) is 8.44. The lowest BCUT2D eigenvalue weighted by Crippen LogP contribution is -2.36. The van der Waals surface area contributed by atoms with Crippen molar-refractivity contribution in [1.29, 1.82) is 0 Å². The quantitative estimate of drug-likeness (QED) is 0.844. The molecular formula is C20H30N6. The second kappa shape index (κ2) is 7.14. The van der Waals surface area contributed by atoms with E-state index in [2.05, 4.69) is 32.1 Å². The second-order valence-electron chi connectivity index (χ2n) is 8.44. The van der Waals surface area contributed by atoms with E-state index in [0.717, 1.165) is 36.3 Å². The molecular weight excluding hydrogens is 324 g/mol. The van der Waals surface area contributed by atoms with Crippen LogP contribution >= 0.6 is 0 Å². The first-order chi connectivity index (χ1) is 12.9. The average Bonchev–Trinajstić information content (AvgIpc) is 3.43. The third-order valence-corrected chi connectivity index (χ3v) is 6.65. The lowest BCUT2D eigenvalue weighted by atomic mass is 9.95. The number of nitrogens with zero attached hydrogens (tertiary/aromatic N) is 6. The van der Waals surface area contributed by atoms with Crippen LogP contribution < -0.4 is 4.90 Å². The first-order valence-electron chi connectivity index (χ1n) is 10.6. The van der Waals surface area contributed by atoms with Crippen molar-refractivity contribution in [3.05, 3.63) is 18.0 Å². The van der Waals surface area contributed by atoms with Crippen LogP contribution in [-0.2, 0) is 0 Å². The highest BCUT2D eigenvalue weighted by atomic mass is 15.4. The van der Waals surface area contributed by atoms with Crippen molar-refractivity contribution in [1.82, 2.24) is 24.7 Å². The van der Waals surface area contributed by atoms with Gasteiger partial charge in [0.15, 0.2) is 11.5 Å². The molecule has 4 heterocycles. The molecule has 6 heteroatoms. The van der Waals surface area contributed by atoms with Crippen LogP contribution in [0.2, 0.25) is 0 Å².